The molecule has 1 aliphatic heterocycles. The summed E-state index contributed by atoms with van der Waals surface area (Å²) in [5.41, 5.74) is 2.15. The molecule has 1 saturated heterocycles. The fourth-order valence-corrected chi connectivity index (χ4v) is 3.49. The van der Waals surface area contributed by atoms with Crippen molar-refractivity contribution in [1.82, 2.24) is 14.8 Å². The Hall–Kier alpha value is -2.63. The highest BCUT2D eigenvalue weighted by molar-refractivity contribution is 5.99. The molecule has 1 fully saturated rings. The third-order valence-electron chi connectivity index (χ3n) is 5.30. The SMILES string of the molecule is COc1ccc2cc(C(=O)N3CCN(C(=O)CCC(C)C)CC3)c(C)nc2c1. The quantitative estimate of drug-likeness (QED) is 0.795. The van der Waals surface area contributed by atoms with E-state index in [1.807, 2.05) is 41.0 Å². The molecule has 6 heteroatoms. The zero-order chi connectivity index (χ0) is 20.3. The molecule has 28 heavy (non-hydrogen) atoms. The van der Waals surface area contributed by atoms with E-state index in [-0.39, 0.29) is 11.8 Å². The van der Waals surface area contributed by atoms with Crippen molar-refractivity contribution in [3.63, 3.8) is 0 Å². The molecule has 1 aromatic carbocycles. The molecule has 6 nitrogen and oxygen atoms in total. The minimum absolute atomic E-state index is 0.0167. The number of carbonyl (C=O) groups is 2. The largest absolute Gasteiger partial charge is 0.497 e. The summed E-state index contributed by atoms with van der Waals surface area (Å²) >= 11 is 0. The molecular weight excluding hydrogens is 354 g/mol. The number of amides is 2. The van der Waals surface area contributed by atoms with Gasteiger partial charge in [0.15, 0.2) is 0 Å². The van der Waals surface area contributed by atoms with E-state index in [4.69, 9.17) is 4.74 Å². The molecule has 1 aromatic heterocycles. The highest BCUT2D eigenvalue weighted by atomic mass is 16.5. The van der Waals surface area contributed by atoms with Crippen LogP contribution >= 0.6 is 0 Å². The number of hydrogen-bond acceptors (Lipinski definition) is 4. The number of pyridine rings is 1. The van der Waals surface area contributed by atoms with Gasteiger partial charge in [0.2, 0.25) is 5.91 Å². The Kier molecular flexibility index (Phi) is 6.17. The van der Waals surface area contributed by atoms with Gasteiger partial charge in [0, 0.05) is 44.1 Å². The number of hydrogen-bond donors (Lipinski definition) is 0. The van der Waals surface area contributed by atoms with Crippen LogP contribution in [0.1, 0.15) is 42.7 Å². The highest BCUT2D eigenvalue weighted by Crippen LogP contribution is 2.23. The van der Waals surface area contributed by atoms with Crippen LogP contribution in [0.15, 0.2) is 24.3 Å². The van der Waals surface area contributed by atoms with Crippen LogP contribution < -0.4 is 4.74 Å². The Bertz CT molecular complexity index is 871. The van der Waals surface area contributed by atoms with E-state index < -0.39 is 0 Å². The van der Waals surface area contributed by atoms with Gasteiger partial charge >= 0.3 is 0 Å². The topological polar surface area (TPSA) is 62.7 Å². The lowest BCUT2D eigenvalue weighted by molar-refractivity contribution is -0.132. The summed E-state index contributed by atoms with van der Waals surface area (Å²) in [7, 11) is 1.62. The van der Waals surface area contributed by atoms with Gasteiger partial charge in [0.1, 0.15) is 5.75 Å². The van der Waals surface area contributed by atoms with E-state index in [1.54, 1.807) is 7.11 Å². The first kappa shape index (κ1) is 20.1. The fraction of sp³-hybridized carbons (Fsp3) is 0.500. The van der Waals surface area contributed by atoms with Crippen LogP contribution in [0, 0.1) is 12.8 Å². The number of nitrogens with zero attached hydrogens (tertiary/aromatic N) is 3. The van der Waals surface area contributed by atoms with Gasteiger partial charge in [-0.25, -0.2) is 0 Å². The molecular formula is C22H29N3O3. The first-order chi connectivity index (χ1) is 13.4. The zero-order valence-corrected chi connectivity index (χ0v) is 17.2. The van der Waals surface area contributed by atoms with Crippen LogP contribution in [-0.4, -0.2) is 59.9 Å². The standard InChI is InChI=1S/C22H29N3O3/c1-15(2)5-8-21(26)24-9-11-25(12-10-24)22(27)19-13-17-6-7-18(28-4)14-20(17)23-16(19)3/h6-7,13-15H,5,8-12H2,1-4H3. The number of piperazine rings is 1. The Morgan fingerprint density at radius 3 is 2.43 bits per heavy atom. The predicted octanol–water partition coefficient (Wildman–Crippen LogP) is 3.27. The van der Waals surface area contributed by atoms with Gasteiger partial charge in [-0.1, -0.05) is 13.8 Å². The molecule has 0 bridgehead atoms. The monoisotopic (exact) mass is 383 g/mol. The Morgan fingerprint density at radius 2 is 1.79 bits per heavy atom. The van der Waals surface area contributed by atoms with Crippen molar-refractivity contribution in [3.8, 4) is 5.75 Å². The van der Waals surface area contributed by atoms with Crippen LogP contribution in [0.3, 0.4) is 0 Å². The van der Waals surface area contributed by atoms with Crippen LogP contribution in [0.5, 0.6) is 5.75 Å². The minimum atomic E-state index is -0.0167. The predicted molar refractivity (Wildman–Crippen MR) is 110 cm³/mol. The lowest BCUT2D eigenvalue weighted by Gasteiger charge is -2.35. The maximum atomic E-state index is 13.0. The van der Waals surface area contributed by atoms with Crippen LogP contribution in [0.25, 0.3) is 10.9 Å². The molecule has 1 aliphatic rings. The Labute approximate surface area is 166 Å². The smallest absolute Gasteiger partial charge is 0.255 e. The van der Waals surface area contributed by atoms with E-state index in [0.717, 1.165) is 23.1 Å². The van der Waals surface area contributed by atoms with E-state index in [9.17, 15) is 9.59 Å². The lowest BCUT2D eigenvalue weighted by Crippen LogP contribution is -2.50. The highest BCUT2D eigenvalue weighted by Gasteiger charge is 2.26. The third-order valence-corrected chi connectivity index (χ3v) is 5.30. The summed E-state index contributed by atoms with van der Waals surface area (Å²) in [4.78, 5) is 33.6. The summed E-state index contributed by atoms with van der Waals surface area (Å²) in [6.07, 6.45) is 1.49. The van der Waals surface area contributed by atoms with Crippen molar-refractivity contribution in [1.29, 1.82) is 0 Å². The van der Waals surface area contributed by atoms with Crippen molar-refractivity contribution in [2.45, 2.75) is 33.6 Å². The maximum Gasteiger partial charge on any atom is 0.255 e. The van der Waals surface area contributed by atoms with Crippen molar-refractivity contribution < 1.29 is 14.3 Å². The maximum absolute atomic E-state index is 13.0. The van der Waals surface area contributed by atoms with E-state index in [1.165, 1.54) is 0 Å². The molecule has 2 aromatic rings. The van der Waals surface area contributed by atoms with Gasteiger partial charge in [-0.05, 0) is 37.5 Å². The molecule has 0 N–H and O–H groups in total. The van der Waals surface area contributed by atoms with Gasteiger partial charge < -0.3 is 14.5 Å². The zero-order valence-electron chi connectivity index (χ0n) is 17.2. The average Bonchev–Trinajstić information content (AvgIpc) is 2.70. The summed E-state index contributed by atoms with van der Waals surface area (Å²) in [6.45, 7) is 8.43. The second kappa shape index (κ2) is 8.59. The summed E-state index contributed by atoms with van der Waals surface area (Å²) in [6, 6.07) is 7.57. The fourth-order valence-electron chi connectivity index (χ4n) is 3.49. The number of aromatic nitrogens is 1. The summed E-state index contributed by atoms with van der Waals surface area (Å²) < 4.78 is 5.25. The second-order valence-electron chi connectivity index (χ2n) is 7.79. The molecule has 150 valence electrons. The van der Waals surface area contributed by atoms with Crippen molar-refractivity contribution in [2.75, 3.05) is 33.3 Å². The number of ether oxygens (including phenoxy) is 1. The van der Waals surface area contributed by atoms with E-state index in [0.29, 0.717) is 49.8 Å². The van der Waals surface area contributed by atoms with Gasteiger partial charge in [-0.3, -0.25) is 14.6 Å². The third kappa shape index (κ3) is 4.43. The van der Waals surface area contributed by atoms with Crippen LogP contribution in [0.2, 0.25) is 0 Å². The molecule has 0 radical (unpaired) electrons. The van der Waals surface area contributed by atoms with Crippen molar-refractivity contribution in [2.24, 2.45) is 5.92 Å². The molecule has 0 spiro atoms. The van der Waals surface area contributed by atoms with E-state index in [2.05, 4.69) is 18.8 Å². The van der Waals surface area contributed by atoms with Gasteiger partial charge in [0.05, 0.1) is 23.9 Å². The molecule has 0 aliphatic carbocycles. The number of fused-ring (bicyclic) bond motifs is 1. The van der Waals surface area contributed by atoms with E-state index >= 15 is 0 Å². The Morgan fingerprint density at radius 1 is 1.11 bits per heavy atom. The van der Waals surface area contributed by atoms with Gasteiger partial charge in [-0.15, -0.1) is 0 Å². The molecule has 3 rings (SSSR count). The van der Waals surface area contributed by atoms with Gasteiger partial charge in [-0.2, -0.15) is 0 Å². The van der Waals surface area contributed by atoms with Crippen LogP contribution in [-0.2, 0) is 4.79 Å². The first-order valence-electron chi connectivity index (χ1n) is 9.91. The molecule has 2 heterocycles. The number of aryl methyl sites for hydroxylation is 1. The van der Waals surface area contributed by atoms with Crippen molar-refractivity contribution in [3.05, 3.63) is 35.5 Å². The minimum Gasteiger partial charge on any atom is -0.497 e. The van der Waals surface area contributed by atoms with Crippen molar-refractivity contribution >= 4 is 22.7 Å². The number of methoxy groups -OCH3 is 1. The Balaban J connectivity index is 1.68. The first-order valence-corrected chi connectivity index (χ1v) is 9.91. The summed E-state index contributed by atoms with van der Waals surface area (Å²) in [5, 5.41) is 0.914. The second-order valence-corrected chi connectivity index (χ2v) is 7.79. The molecule has 2 amide bonds. The lowest BCUT2D eigenvalue weighted by atomic mass is 10.1. The molecule has 0 saturated carbocycles. The average molecular weight is 383 g/mol. The number of rotatable bonds is 5. The number of benzene rings is 1. The van der Waals surface area contributed by atoms with Gasteiger partial charge in [0.25, 0.3) is 5.91 Å². The summed E-state index contributed by atoms with van der Waals surface area (Å²) in [5.74, 6) is 1.45. The molecule has 0 atom stereocenters. The normalized spacial score (nSPS) is 14.6. The van der Waals surface area contributed by atoms with Crippen LogP contribution in [0.4, 0.5) is 0 Å². The molecule has 0 unspecified atom stereocenters. The number of carbonyl (C=O) groups excluding carboxylic acids is 2.